The van der Waals surface area contributed by atoms with E-state index in [2.05, 4.69) is 17.9 Å². The number of primary amides is 1. The molecule has 1 saturated carbocycles. The fraction of sp³-hybridized carbons (Fsp3) is 0.588. The molecule has 1 aliphatic carbocycles. The zero-order chi connectivity index (χ0) is 14.8. The summed E-state index contributed by atoms with van der Waals surface area (Å²) in [6.45, 7) is 4.84. The van der Waals surface area contributed by atoms with Crippen molar-refractivity contribution in [2.24, 2.45) is 11.7 Å². The summed E-state index contributed by atoms with van der Waals surface area (Å²) in [7, 11) is 0. The van der Waals surface area contributed by atoms with Crippen LogP contribution < -0.4 is 10.6 Å². The van der Waals surface area contributed by atoms with Crippen molar-refractivity contribution in [2.75, 3.05) is 24.6 Å². The molecule has 0 spiro atoms. The van der Waals surface area contributed by atoms with Gasteiger partial charge in [-0.1, -0.05) is 18.2 Å². The van der Waals surface area contributed by atoms with Gasteiger partial charge in [-0.15, -0.1) is 0 Å². The first kappa shape index (κ1) is 14.4. The largest absolute Gasteiger partial charge is 0.378 e. The molecule has 114 valence electrons. The number of hydrogen-bond donors (Lipinski definition) is 1. The molecular formula is C17H24N2O2. The molecule has 1 fully saturated rings. The minimum atomic E-state index is -0.206. The molecule has 0 radical (unpaired) electrons. The molecule has 21 heavy (non-hydrogen) atoms. The predicted octanol–water partition coefficient (Wildman–Crippen LogP) is 2.28. The van der Waals surface area contributed by atoms with Gasteiger partial charge < -0.3 is 15.4 Å². The normalized spacial score (nSPS) is 27.9. The van der Waals surface area contributed by atoms with Crippen LogP contribution in [0.3, 0.4) is 0 Å². The molecule has 2 aliphatic rings. The Morgan fingerprint density at radius 1 is 1.38 bits per heavy atom. The molecule has 1 amide bonds. The van der Waals surface area contributed by atoms with E-state index in [1.165, 1.54) is 5.69 Å². The van der Waals surface area contributed by atoms with E-state index in [-0.39, 0.29) is 11.8 Å². The van der Waals surface area contributed by atoms with Gasteiger partial charge in [0.15, 0.2) is 0 Å². The molecule has 1 aromatic carbocycles. The third-order valence-electron chi connectivity index (χ3n) is 4.76. The summed E-state index contributed by atoms with van der Waals surface area (Å²) in [6.07, 6.45) is 3.60. The van der Waals surface area contributed by atoms with E-state index in [0.717, 1.165) is 44.5 Å². The van der Waals surface area contributed by atoms with E-state index in [9.17, 15) is 4.79 Å². The smallest absolute Gasteiger partial charge is 0.225 e. The summed E-state index contributed by atoms with van der Waals surface area (Å²) in [6, 6.07) is 8.19. The molecule has 1 aliphatic heterocycles. The van der Waals surface area contributed by atoms with Gasteiger partial charge in [0.05, 0.1) is 12.0 Å². The molecule has 3 rings (SSSR count). The lowest BCUT2D eigenvalue weighted by Crippen LogP contribution is -2.43. The van der Waals surface area contributed by atoms with Crippen LogP contribution >= 0.6 is 0 Å². The van der Waals surface area contributed by atoms with E-state index in [0.29, 0.717) is 12.0 Å². The van der Waals surface area contributed by atoms with Crippen molar-refractivity contribution in [2.45, 2.75) is 38.2 Å². The van der Waals surface area contributed by atoms with Gasteiger partial charge in [-0.25, -0.2) is 0 Å². The molecule has 1 aromatic rings. The molecule has 1 heterocycles. The first-order valence-electron chi connectivity index (χ1n) is 7.93. The van der Waals surface area contributed by atoms with Crippen molar-refractivity contribution in [1.82, 2.24) is 0 Å². The number of nitrogens with two attached hydrogens (primary N) is 1. The summed E-state index contributed by atoms with van der Waals surface area (Å²) in [4.78, 5) is 14.0. The fourth-order valence-corrected chi connectivity index (χ4v) is 3.62. The number of rotatable bonds is 5. The van der Waals surface area contributed by atoms with Gasteiger partial charge in [-0.2, -0.15) is 0 Å². The Balaban J connectivity index is 1.68. The van der Waals surface area contributed by atoms with Gasteiger partial charge in [-0.05, 0) is 43.7 Å². The number of carbonyl (C=O) groups is 1. The zero-order valence-electron chi connectivity index (χ0n) is 12.6. The number of benzene rings is 1. The predicted molar refractivity (Wildman–Crippen MR) is 83.3 cm³/mol. The number of anilines is 1. The van der Waals surface area contributed by atoms with Crippen molar-refractivity contribution in [3.05, 3.63) is 29.8 Å². The van der Waals surface area contributed by atoms with Gasteiger partial charge in [0, 0.05) is 25.4 Å². The number of para-hydroxylation sites is 1. The number of nitrogens with zero attached hydrogens (tertiary/aromatic N) is 1. The lowest BCUT2D eigenvalue weighted by atomic mass is 9.80. The maximum atomic E-state index is 11.6. The van der Waals surface area contributed by atoms with Crippen molar-refractivity contribution in [3.63, 3.8) is 0 Å². The Morgan fingerprint density at radius 3 is 2.86 bits per heavy atom. The van der Waals surface area contributed by atoms with Crippen LogP contribution in [-0.4, -0.2) is 31.7 Å². The summed E-state index contributed by atoms with van der Waals surface area (Å²) in [5.74, 6) is 0.372. The summed E-state index contributed by atoms with van der Waals surface area (Å²) in [5, 5.41) is 0. The molecule has 1 atom stereocenters. The highest BCUT2D eigenvalue weighted by Crippen LogP contribution is 2.38. The van der Waals surface area contributed by atoms with Crippen LogP contribution in [0.2, 0.25) is 0 Å². The molecule has 1 unspecified atom stereocenters. The lowest BCUT2D eigenvalue weighted by Gasteiger charge is -2.42. The van der Waals surface area contributed by atoms with Gasteiger partial charge >= 0.3 is 0 Å². The van der Waals surface area contributed by atoms with E-state index < -0.39 is 0 Å². The summed E-state index contributed by atoms with van der Waals surface area (Å²) in [5.41, 5.74) is 7.83. The summed E-state index contributed by atoms with van der Waals surface area (Å²) < 4.78 is 5.64. The second-order valence-corrected chi connectivity index (χ2v) is 6.16. The molecular weight excluding hydrogens is 264 g/mol. The van der Waals surface area contributed by atoms with Crippen molar-refractivity contribution < 1.29 is 9.53 Å². The van der Waals surface area contributed by atoms with Crippen LogP contribution in [-0.2, 0) is 9.53 Å². The maximum Gasteiger partial charge on any atom is 0.225 e. The van der Waals surface area contributed by atoms with Gasteiger partial charge in [0.2, 0.25) is 5.91 Å². The first-order valence-corrected chi connectivity index (χ1v) is 7.93. The van der Waals surface area contributed by atoms with E-state index in [4.69, 9.17) is 10.5 Å². The van der Waals surface area contributed by atoms with Gasteiger partial charge in [0.25, 0.3) is 0 Å². The van der Waals surface area contributed by atoms with Crippen molar-refractivity contribution >= 4 is 11.6 Å². The van der Waals surface area contributed by atoms with E-state index in [1.807, 2.05) is 18.2 Å². The third-order valence-corrected chi connectivity index (χ3v) is 4.76. The average Bonchev–Trinajstić information content (AvgIpc) is 2.45. The van der Waals surface area contributed by atoms with Crippen molar-refractivity contribution in [3.8, 4) is 0 Å². The second-order valence-electron chi connectivity index (χ2n) is 6.16. The SMILES string of the molecule is CCOC1CC(CN2CCC(C(N)=O)c3ccccc32)C1. The third kappa shape index (κ3) is 2.91. The zero-order valence-corrected chi connectivity index (χ0v) is 12.6. The Kier molecular flexibility index (Phi) is 4.15. The minimum absolute atomic E-state index is 0.130. The molecule has 4 nitrogen and oxygen atoms in total. The van der Waals surface area contributed by atoms with Gasteiger partial charge in [-0.3, -0.25) is 4.79 Å². The average molecular weight is 288 g/mol. The Morgan fingerprint density at radius 2 is 2.14 bits per heavy atom. The number of hydrogen-bond acceptors (Lipinski definition) is 3. The lowest BCUT2D eigenvalue weighted by molar-refractivity contribution is -0.119. The number of ether oxygens (including phenoxy) is 1. The molecule has 2 N–H and O–H groups in total. The summed E-state index contributed by atoms with van der Waals surface area (Å²) >= 11 is 0. The van der Waals surface area contributed by atoms with Crippen LogP contribution in [0.15, 0.2) is 24.3 Å². The highest BCUT2D eigenvalue weighted by Gasteiger charge is 2.34. The van der Waals surface area contributed by atoms with Crippen molar-refractivity contribution in [1.29, 1.82) is 0 Å². The highest BCUT2D eigenvalue weighted by molar-refractivity contribution is 5.85. The second kappa shape index (κ2) is 6.06. The van der Waals surface area contributed by atoms with Crippen LogP contribution in [0, 0.1) is 5.92 Å². The minimum Gasteiger partial charge on any atom is -0.378 e. The Hall–Kier alpha value is -1.55. The van der Waals surface area contributed by atoms with Crippen LogP contribution in [0.25, 0.3) is 0 Å². The van der Waals surface area contributed by atoms with Gasteiger partial charge in [0.1, 0.15) is 0 Å². The van der Waals surface area contributed by atoms with Crippen LogP contribution in [0.5, 0.6) is 0 Å². The van der Waals surface area contributed by atoms with E-state index in [1.54, 1.807) is 0 Å². The molecule has 0 saturated heterocycles. The number of amides is 1. The molecule has 4 heteroatoms. The fourth-order valence-electron chi connectivity index (χ4n) is 3.62. The van der Waals surface area contributed by atoms with E-state index >= 15 is 0 Å². The monoisotopic (exact) mass is 288 g/mol. The first-order chi connectivity index (χ1) is 10.2. The topological polar surface area (TPSA) is 55.6 Å². The Bertz CT molecular complexity index is 511. The number of carbonyl (C=O) groups excluding carboxylic acids is 1. The van der Waals surface area contributed by atoms with Crippen LogP contribution in [0.4, 0.5) is 5.69 Å². The standard InChI is InChI=1S/C17H24N2O2/c1-2-21-13-9-12(10-13)11-19-8-7-15(17(18)20)14-5-3-4-6-16(14)19/h3-6,12-13,15H,2,7-11H2,1H3,(H2,18,20). The molecule has 0 aromatic heterocycles. The van der Waals surface area contributed by atoms with Crippen LogP contribution in [0.1, 0.15) is 37.7 Å². The maximum absolute atomic E-state index is 11.6. The molecule has 0 bridgehead atoms. The Labute approximate surface area is 126 Å². The highest BCUT2D eigenvalue weighted by atomic mass is 16.5. The number of fused-ring (bicyclic) bond motifs is 1. The quantitative estimate of drug-likeness (QED) is 0.904.